The minimum Gasteiger partial charge on any atom is -0.492 e. The van der Waals surface area contributed by atoms with Crippen LogP contribution in [0.2, 0.25) is 10.0 Å². The number of nitrogens with zero attached hydrogens (tertiary/aromatic N) is 3. The highest BCUT2D eigenvalue weighted by Crippen LogP contribution is 2.38. The van der Waals surface area contributed by atoms with Crippen LogP contribution in [0.3, 0.4) is 0 Å². The first-order valence-electron chi connectivity index (χ1n) is 17.7. The summed E-state index contributed by atoms with van der Waals surface area (Å²) in [5.74, 6) is 0.695. The van der Waals surface area contributed by atoms with Gasteiger partial charge in [-0.15, -0.1) is 0 Å². The maximum absolute atomic E-state index is 11.3. The van der Waals surface area contributed by atoms with Gasteiger partial charge < -0.3 is 35.3 Å². The highest BCUT2D eigenvalue weighted by Gasteiger charge is 2.22. The molecule has 286 valence electrons. The highest BCUT2D eigenvalue weighted by atomic mass is 35.5. The van der Waals surface area contributed by atoms with Gasteiger partial charge in [-0.05, 0) is 54.7 Å². The highest BCUT2D eigenvalue weighted by molar-refractivity contribution is 6.35. The van der Waals surface area contributed by atoms with Gasteiger partial charge in [-0.2, -0.15) is 5.26 Å². The number of aliphatic carboxylic acids is 1. The van der Waals surface area contributed by atoms with Crippen molar-refractivity contribution in [3.8, 4) is 34.4 Å². The number of pyridine rings is 1. The zero-order valence-corrected chi connectivity index (χ0v) is 32.5. The van der Waals surface area contributed by atoms with Gasteiger partial charge in [0, 0.05) is 74.3 Å². The SMILES string of the molecule is CC(=O)NC1CCN(CCCOc2cccc(-c3cccc(COc4cc(OCc5cncc(C#N)c5)c(CN)cc4Cl)c3C)c2Cl)C1.CC(C)C(=O)O. The van der Waals surface area contributed by atoms with Crippen molar-refractivity contribution in [3.05, 3.63) is 105 Å². The van der Waals surface area contributed by atoms with Crippen molar-refractivity contribution >= 4 is 35.1 Å². The summed E-state index contributed by atoms with van der Waals surface area (Å²) in [6.07, 6.45) is 4.98. The van der Waals surface area contributed by atoms with E-state index in [1.165, 1.54) is 6.20 Å². The van der Waals surface area contributed by atoms with Crippen LogP contribution in [0.15, 0.2) is 67.0 Å². The predicted molar refractivity (Wildman–Crippen MR) is 210 cm³/mol. The maximum Gasteiger partial charge on any atom is 0.305 e. The largest absolute Gasteiger partial charge is 0.492 e. The summed E-state index contributed by atoms with van der Waals surface area (Å²) in [7, 11) is 0. The van der Waals surface area contributed by atoms with Gasteiger partial charge >= 0.3 is 5.97 Å². The molecule has 0 saturated carbocycles. The number of hydrogen-bond donors (Lipinski definition) is 3. The van der Waals surface area contributed by atoms with Gasteiger partial charge in [-0.25, -0.2) is 0 Å². The second kappa shape index (κ2) is 20.6. The third-order valence-corrected chi connectivity index (χ3v) is 9.47. The van der Waals surface area contributed by atoms with Crippen molar-refractivity contribution in [2.75, 3.05) is 26.2 Å². The monoisotopic (exact) mass is 775 g/mol. The first kappa shape index (κ1) is 41.9. The summed E-state index contributed by atoms with van der Waals surface area (Å²) < 4.78 is 18.4. The second-order valence-corrected chi connectivity index (χ2v) is 14.0. The number of carboxylic acids is 1. The van der Waals surface area contributed by atoms with E-state index in [1.807, 2.05) is 43.3 Å². The Morgan fingerprint density at radius 2 is 1.74 bits per heavy atom. The van der Waals surface area contributed by atoms with Crippen LogP contribution in [0, 0.1) is 24.2 Å². The van der Waals surface area contributed by atoms with Crippen molar-refractivity contribution in [1.82, 2.24) is 15.2 Å². The van der Waals surface area contributed by atoms with Gasteiger partial charge in [0.05, 0.1) is 28.1 Å². The maximum atomic E-state index is 11.3. The van der Waals surface area contributed by atoms with Gasteiger partial charge in [0.2, 0.25) is 5.91 Å². The molecule has 4 N–H and O–H groups in total. The lowest BCUT2D eigenvalue weighted by atomic mass is 9.96. The van der Waals surface area contributed by atoms with E-state index in [0.717, 1.165) is 65.9 Å². The topological polar surface area (TPSA) is 160 Å². The first-order valence-corrected chi connectivity index (χ1v) is 18.5. The molecule has 54 heavy (non-hydrogen) atoms. The van der Waals surface area contributed by atoms with Crippen molar-refractivity contribution in [2.24, 2.45) is 11.7 Å². The average Bonchev–Trinajstić information content (AvgIpc) is 3.59. The average molecular weight is 777 g/mol. The van der Waals surface area contributed by atoms with E-state index in [2.05, 4.69) is 21.3 Å². The molecule has 1 fully saturated rings. The first-order chi connectivity index (χ1) is 25.9. The Balaban J connectivity index is 0.000001000. The van der Waals surface area contributed by atoms with Gasteiger partial charge in [0.1, 0.15) is 36.5 Å². The van der Waals surface area contributed by atoms with Crippen molar-refractivity contribution in [1.29, 1.82) is 5.26 Å². The molecule has 1 unspecified atom stereocenters. The molecule has 1 amide bonds. The van der Waals surface area contributed by atoms with E-state index < -0.39 is 5.97 Å². The molecule has 13 heteroatoms. The summed E-state index contributed by atoms with van der Waals surface area (Å²) in [4.78, 5) is 27.5. The van der Waals surface area contributed by atoms with Crippen molar-refractivity contribution < 1.29 is 28.9 Å². The number of amides is 1. The zero-order valence-electron chi connectivity index (χ0n) is 31.0. The molecule has 3 aromatic carbocycles. The lowest BCUT2D eigenvalue weighted by Gasteiger charge is -2.18. The molecule has 1 aliphatic heterocycles. The number of nitriles is 1. The number of rotatable bonds is 15. The number of carbonyl (C=O) groups excluding carboxylic acids is 1. The van der Waals surface area contributed by atoms with Gasteiger partial charge in [0.25, 0.3) is 0 Å². The predicted octanol–water partition coefficient (Wildman–Crippen LogP) is 7.56. The van der Waals surface area contributed by atoms with Crippen molar-refractivity contribution in [2.45, 2.75) is 66.3 Å². The molecule has 2 heterocycles. The van der Waals surface area contributed by atoms with Crippen LogP contribution >= 0.6 is 23.2 Å². The number of carbonyl (C=O) groups is 2. The standard InChI is InChI=1S/C37H39Cl2N5O4.C4H8O2/c1-24-28(23-48-36-16-35(29(18-41)15-33(36)38)47-22-27-14-26(17-40)19-42-20-27)6-3-7-31(24)32-8-4-9-34(37(32)39)46-13-5-11-44-12-10-30(21-44)43-25(2)45;1-3(2)4(5)6/h3-4,6-9,14-16,19-20,30H,5,10-13,18,21-23,41H2,1-2H3,(H,43,45);3H,1-2H3,(H,5,6). The van der Waals surface area contributed by atoms with Crippen LogP contribution in [-0.4, -0.2) is 59.1 Å². The molecule has 1 aromatic heterocycles. The Bertz CT molecular complexity index is 1950. The molecule has 1 aliphatic rings. The molecule has 0 bridgehead atoms. The smallest absolute Gasteiger partial charge is 0.305 e. The number of carboxylic acid groups (broad SMARTS) is 1. The van der Waals surface area contributed by atoms with Crippen LogP contribution in [-0.2, 0) is 29.3 Å². The van der Waals surface area contributed by atoms with Crippen LogP contribution in [0.5, 0.6) is 17.2 Å². The van der Waals surface area contributed by atoms with E-state index >= 15 is 0 Å². The Morgan fingerprint density at radius 3 is 2.44 bits per heavy atom. The van der Waals surface area contributed by atoms with E-state index in [1.54, 1.807) is 45.2 Å². The van der Waals surface area contributed by atoms with Gasteiger partial charge in [0.15, 0.2) is 0 Å². The summed E-state index contributed by atoms with van der Waals surface area (Å²) >= 11 is 13.5. The fourth-order valence-electron chi connectivity index (χ4n) is 5.80. The number of ether oxygens (including phenoxy) is 3. The molecule has 0 spiro atoms. The number of halogens is 2. The molecule has 4 aromatic rings. The lowest BCUT2D eigenvalue weighted by Crippen LogP contribution is -2.35. The molecule has 1 atom stereocenters. The number of hydrogen-bond acceptors (Lipinski definition) is 9. The normalized spacial score (nSPS) is 13.8. The van der Waals surface area contributed by atoms with Gasteiger partial charge in [-0.3, -0.25) is 14.6 Å². The van der Waals surface area contributed by atoms with E-state index in [4.69, 9.17) is 48.3 Å². The number of benzene rings is 3. The Morgan fingerprint density at radius 1 is 1.02 bits per heavy atom. The van der Waals surface area contributed by atoms with E-state index in [-0.39, 0.29) is 37.6 Å². The molecular weight excluding hydrogens is 729 g/mol. The van der Waals surface area contributed by atoms with Crippen LogP contribution < -0.4 is 25.3 Å². The van der Waals surface area contributed by atoms with Crippen LogP contribution in [0.4, 0.5) is 0 Å². The number of nitrogens with one attached hydrogen (secondary N) is 1. The Hall–Kier alpha value is -4.86. The van der Waals surface area contributed by atoms with Crippen LogP contribution in [0.1, 0.15) is 61.4 Å². The summed E-state index contributed by atoms with van der Waals surface area (Å²) in [5, 5.41) is 21.1. The molecule has 0 radical (unpaired) electrons. The van der Waals surface area contributed by atoms with Crippen molar-refractivity contribution in [3.63, 3.8) is 0 Å². The molecule has 0 aliphatic carbocycles. The number of nitrogens with two attached hydrogens (primary N) is 1. The number of likely N-dealkylation sites (tertiary alicyclic amines) is 1. The summed E-state index contributed by atoms with van der Waals surface area (Å²) in [5.41, 5.74) is 11.8. The molecule has 1 saturated heterocycles. The Labute approximate surface area is 326 Å². The van der Waals surface area contributed by atoms with Crippen LogP contribution in [0.25, 0.3) is 11.1 Å². The van der Waals surface area contributed by atoms with E-state index in [9.17, 15) is 14.9 Å². The lowest BCUT2D eigenvalue weighted by molar-refractivity contribution is -0.140. The molecular formula is C41H47Cl2N5O6. The van der Waals surface area contributed by atoms with Gasteiger partial charge in [-0.1, -0.05) is 67.4 Å². The number of aromatic nitrogens is 1. The molecule has 5 rings (SSSR count). The summed E-state index contributed by atoms with van der Waals surface area (Å²) in [6.45, 7) is 10.9. The second-order valence-electron chi connectivity index (χ2n) is 13.3. The third kappa shape index (κ3) is 12.1. The fourth-order valence-corrected chi connectivity index (χ4v) is 6.32. The minimum atomic E-state index is -0.741. The molecule has 11 nitrogen and oxygen atoms in total. The fraction of sp³-hybridized carbons (Fsp3) is 0.366. The third-order valence-electron chi connectivity index (χ3n) is 8.79. The van der Waals surface area contributed by atoms with E-state index in [0.29, 0.717) is 39.5 Å². The summed E-state index contributed by atoms with van der Waals surface area (Å²) in [6, 6.07) is 19.4. The quantitative estimate of drug-likeness (QED) is 0.103. The zero-order chi connectivity index (χ0) is 39.2. The Kier molecular flexibility index (Phi) is 15.9. The minimum absolute atomic E-state index is 0.0185.